The Morgan fingerprint density at radius 2 is 1.76 bits per heavy atom. The maximum absolute atomic E-state index is 6.04. The minimum Gasteiger partial charge on any atom is -0.496 e. The largest absolute Gasteiger partial charge is 0.496 e. The second kappa shape index (κ2) is 5.09. The van der Waals surface area contributed by atoms with E-state index in [-0.39, 0.29) is 5.54 Å². The predicted octanol–water partition coefficient (Wildman–Crippen LogP) is 3.29. The number of methoxy groups -OCH3 is 1. The van der Waals surface area contributed by atoms with Gasteiger partial charge in [0.05, 0.1) is 7.11 Å². The zero-order valence-corrected chi connectivity index (χ0v) is 12.0. The molecule has 0 saturated carbocycles. The number of nitrogens with two attached hydrogens (primary N) is 1. The molecule has 17 heavy (non-hydrogen) atoms. The lowest BCUT2D eigenvalue weighted by Crippen LogP contribution is -2.32. The van der Waals surface area contributed by atoms with Gasteiger partial charge in [0.2, 0.25) is 0 Å². The molecule has 1 aromatic rings. The van der Waals surface area contributed by atoms with E-state index >= 15 is 0 Å². The van der Waals surface area contributed by atoms with Crippen molar-refractivity contribution < 1.29 is 4.74 Å². The van der Waals surface area contributed by atoms with Gasteiger partial charge in [0.25, 0.3) is 0 Å². The van der Waals surface area contributed by atoms with Crippen LogP contribution >= 0.6 is 0 Å². The summed E-state index contributed by atoms with van der Waals surface area (Å²) in [5.41, 5.74) is 11.1. The van der Waals surface area contributed by atoms with Gasteiger partial charge >= 0.3 is 0 Å². The van der Waals surface area contributed by atoms with Crippen LogP contribution in [-0.4, -0.2) is 12.6 Å². The summed E-state index contributed by atoms with van der Waals surface area (Å²) in [6, 6.07) is 2.23. The van der Waals surface area contributed by atoms with Crippen LogP contribution in [0.3, 0.4) is 0 Å². The van der Waals surface area contributed by atoms with Crippen molar-refractivity contribution in [2.45, 2.75) is 53.0 Å². The van der Waals surface area contributed by atoms with E-state index in [4.69, 9.17) is 10.5 Å². The van der Waals surface area contributed by atoms with Crippen LogP contribution < -0.4 is 10.5 Å². The summed E-state index contributed by atoms with van der Waals surface area (Å²) in [6.07, 6.45) is 2.03. The Bertz CT molecular complexity index is 402. The van der Waals surface area contributed by atoms with Gasteiger partial charge in [0.1, 0.15) is 5.75 Å². The fraction of sp³-hybridized carbons (Fsp3) is 0.600. The number of ether oxygens (including phenoxy) is 1. The highest BCUT2D eigenvalue weighted by Gasteiger charge is 2.14. The highest BCUT2D eigenvalue weighted by molar-refractivity contribution is 5.49. The molecule has 1 rings (SSSR count). The number of aryl methyl sites for hydroxylation is 2. The van der Waals surface area contributed by atoms with E-state index in [0.717, 1.165) is 18.6 Å². The SMILES string of the molecule is COc1c(C)cc(CCC(C)(C)N)c(C)c1C. The Labute approximate surface area is 105 Å². The maximum Gasteiger partial charge on any atom is 0.124 e. The first-order chi connectivity index (χ1) is 7.76. The van der Waals surface area contributed by atoms with Crippen LogP contribution in [0.15, 0.2) is 6.07 Å². The van der Waals surface area contributed by atoms with Gasteiger partial charge in [0, 0.05) is 5.54 Å². The first kappa shape index (κ1) is 14.0. The van der Waals surface area contributed by atoms with E-state index in [1.165, 1.54) is 22.3 Å². The van der Waals surface area contributed by atoms with Gasteiger partial charge in [-0.15, -0.1) is 0 Å². The maximum atomic E-state index is 6.04. The molecule has 2 N–H and O–H groups in total. The van der Waals surface area contributed by atoms with E-state index in [1.807, 2.05) is 0 Å². The molecule has 0 unspecified atom stereocenters. The van der Waals surface area contributed by atoms with E-state index in [2.05, 4.69) is 40.7 Å². The first-order valence-electron chi connectivity index (χ1n) is 6.19. The molecule has 0 spiro atoms. The van der Waals surface area contributed by atoms with Crippen molar-refractivity contribution in [2.75, 3.05) is 7.11 Å². The Hall–Kier alpha value is -1.02. The van der Waals surface area contributed by atoms with Crippen LogP contribution in [0, 0.1) is 20.8 Å². The number of hydrogen-bond acceptors (Lipinski definition) is 2. The monoisotopic (exact) mass is 235 g/mol. The molecular formula is C15H25NO. The summed E-state index contributed by atoms with van der Waals surface area (Å²) in [6.45, 7) is 10.5. The lowest BCUT2D eigenvalue weighted by Gasteiger charge is -2.21. The van der Waals surface area contributed by atoms with Crippen molar-refractivity contribution in [3.05, 3.63) is 28.3 Å². The number of rotatable bonds is 4. The molecule has 0 saturated heterocycles. The fourth-order valence-corrected chi connectivity index (χ4v) is 2.17. The number of hydrogen-bond donors (Lipinski definition) is 1. The molecule has 96 valence electrons. The third kappa shape index (κ3) is 3.47. The van der Waals surface area contributed by atoms with Crippen LogP contribution in [0.5, 0.6) is 5.75 Å². The van der Waals surface area contributed by atoms with Gasteiger partial charge in [-0.1, -0.05) is 6.07 Å². The normalized spacial score (nSPS) is 11.7. The fourth-order valence-electron chi connectivity index (χ4n) is 2.17. The predicted molar refractivity (Wildman–Crippen MR) is 73.8 cm³/mol. The summed E-state index contributed by atoms with van der Waals surface area (Å²) in [5.74, 6) is 1.01. The van der Waals surface area contributed by atoms with E-state index in [9.17, 15) is 0 Å². The van der Waals surface area contributed by atoms with Crippen LogP contribution in [0.2, 0.25) is 0 Å². The quantitative estimate of drug-likeness (QED) is 0.869. The Morgan fingerprint density at radius 3 is 2.24 bits per heavy atom. The molecule has 0 bridgehead atoms. The molecule has 1 aromatic carbocycles. The molecule has 0 aliphatic heterocycles. The van der Waals surface area contributed by atoms with Gasteiger partial charge in [0.15, 0.2) is 0 Å². The van der Waals surface area contributed by atoms with Crippen molar-refractivity contribution in [2.24, 2.45) is 5.73 Å². The van der Waals surface area contributed by atoms with Gasteiger partial charge in [-0.3, -0.25) is 0 Å². The smallest absolute Gasteiger partial charge is 0.124 e. The van der Waals surface area contributed by atoms with Crippen LogP contribution in [-0.2, 0) is 6.42 Å². The van der Waals surface area contributed by atoms with Gasteiger partial charge in [-0.05, 0) is 69.7 Å². The summed E-state index contributed by atoms with van der Waals surface area (Å²) >= 11 is 0. The lowest BCUT2D eigenvalue weighted by atomic mass is 9.91. The zero-order valence-electron chi connectivity index (χ0n) is 12.0. The summed E-state index contributed by atoms with van der Waals surface area (Å²) in [7, 11) is 1.73. The topological polar surface area (TPSA) is 35.2 Å². The third-order valence-electron chi connectivity index (χ3n) is 3.38. The van der Waals surface area contributed by atoms with Crippen molar-refractivity contribution in [1.82, 2.24) is 0 Å². The molecule has 0 radical (unpaired) electrons. The molecule has 2 heteroatoms. The number of benzene rings is 1. The lowest BCUT2D eigenvalue weighted by molar-refractivity contribution is 0.407. The molecule has 0 aliphatic carbocycles. The van der Waals surface area contributed by atoms with Gasteiger partial charge in [-0.2, -0.15) is 0 Å². The van der Waals surface area contributed by atoms with E-state index in [0.29, 0.717) is 0 Å². The molecule has 0 heterocycles. The van der Waals surface area contributed by atoms with E-state index in [1.54, 1.807) is 7.11 Å². The minimum absolute atomic E-state index is 0.103. The summed E-state index contributed by atoms with van der Waals surface area (Å²) < 4.78 is 5.43. The average molecular weight is 235 g/mol. The van der Waals surface area contributed by atoms with Gasteiger partial charge in [-0.25, -0.2) is 0 Å². The van der Waals surface area contributed by atoms with Gasteiger partial charge < -0.3 is 10.5 Å². The standard InChI is InChI=1S/C15H25NO/c1-10-9-13(7-8-15(4,5)16)11(2)12(3)14(10)17-6/h9H,7-8,16H2,1-6H3. The molecule has 0 amide bonds. The molecular weight excluding hydrogens is 210 g/mol. The zero-order chi connectivity index (χ0) is 13.2. The molecule has 0 aromatic heterocycles. The van der Waals surface area contributed by atoms with Crippen molar-refractivity contribution in [1.29, 1.82) is 0 Å². The third-order valence-corrected chi connectivity index (χ3v) is 3.38. The Kier molecular flexibility index (Phi) is 4.21. The Morgan fingerprint density at radius 1 is 1.18 bits per heavy atom. The van der Waals surface area contributed by atoms with E-state index < -0.39 is 0 Å². The second-order valence-electron chi connectivity index (χ2n) is 5.62. The van der Waals surface area contributed by atoms with Crippen LogP contribution in [0.25, 0.3) is 0 Å². The van der Waals surface area contributed by atoms with Crippen molar-refractivity contribution in [3.63, 3.8) is 0 Å². The Balaban J connectivity index is 3.03. The highest BCUT2D eigenvalue weighted by atomic mass is 16.5. The molecule has 0 fully saturated rings. The molecule has 2 nitrogen and oxygen atoms in total. The van der Waals surface area contributed by atoms with Crippen molar-refractivity contribution >= 4 is 0 Å². The first-order valence-corrected chi connectivity index (χ1v) is 6.19. The molecule has 0 aliphatic rings. The minimum atomic E-state index is -0.103. The van der Waals surface area contributed by atoms with Crippen LogP contribution in [0.1, 0.15) is 42.5 Å². The summed E-state index contributed by atoms with van der Waals surface area (Å²) in [5, 5.41) is 0. The summed E-state index contributed by atoms with van der Waals surface area (Å²) in [4.78, 5) is 0. The molecule has 0 atom stereocenters. The highest BCUT2D eigenvalue weighted by Crippen LogP contribution is 2.29. The average Bonchev–Trinajstić information content (AvgIpc) is 2.21. The second-order valence-corrected chi connectivity index (χ2v) is 5.62. The van der Waals surface area contributed by atoms with Crippen LogP contribution in [0.4, 0.5) is 0 Å². The van der Waals surface area contributed by atoms with Crippen molar-refractivity contribution in [3.8, 4) is 5.75 Å².